The van der Waals surface area contributed by atoms with E-state index in [4.69, 9.17) is 9.47 Å². The highest BCUT2D eigenvalue weighted by atomic mass is 79.9. The fourth-order valence-corrected chi connectivity index (χ4v) is 2.91. The largest absolute Gasteiger partial charge is 0.454 e. The first kappa shape index (κ1) is 15.8. The number of hydrogen-bond acceptors (Lipinski definition) is 5. The second kappa shape index (κ2) is 6.99. The summed E-state index contributed by atoms with van der Waals surface area (Å²) in [6, 6.07) is 3.51. The smallest absolute Gasteiger partial charge is 0.329 e. The molecule has 1 aromatic rings. The lowest BCUT2D eigenvalue weighted by Gasteiger charge is -2.25. The summed E-state index contributed by atoms with van der Waals surface area (Å²) < 4.78 is 11.3. The Morgan fingerprint density at radius 3 is 2.61 bits per heavy atom. The van der Waals surface area contributed by atoms with Crippen molar-refractivity contribution in [3.05, 3.63) is 22.2 Å². The molecule has 1 saturated heterocycles. The summed E-state index contributed by atoms with van der Waals surface area (Å²) in [7, 11) is 0. The maximum Gasteiger partial charge on any atom is 0.329 e. The van der Waals surface area contributed by atoms with Gasteiger partial charge in [0.25, 0.3) is 0 Å². The zero-order chi connectivity index (χ0) is 16.2. The van der Waals surface area contributed by atoms with Crippen LogP contribution in [0.5, 0.6) is 11.5 Å². The lowest BCUT2D eigenvalue weighted by atomic mass is 10.1. The SMILES string of the molecule is O=C(N/N=C\c1cc2c(cc1Br)OCO2)C(=O)N1CCCCC1. The maximum atomic E-state index is 12.0. The summed E-state index contributed by atoms with van der Waals surface area (Å²) in [5, 5.41) is 3.85. The van der Waals surface area contributed by atoms with Crippen molar-refractivity contribution in [2.24, 2.45) is 5.10 Å². The Hall–Kier alpha value is -2.09. The average Bonchev–Trinajstić information content (AvgIpc) is 3.02. The van der Waals surface area contributed by atoms with Gasteiger partial charge in [-0.05, 0) is 47.3 Å². The third kappa shape index (κ3) is 3.64. The van der Waals surface area contributed by atoms with Crippen molar-refractivity contribution in [3.63, 3.8) is 0 Å². The Balaban J connectivity index is 1.60. The molecule has 3 rings (SSSR count). The van der Waals surface area contributed by atoms with Crippen LogP contribution in [0.15, 0.2) is 21.7 Å². The number of halogens is 1. The van der Waals surface area contributed by atoms with Crippen LogP contribution in [-0.4, -0.2) is 42.8 Å². The molecule has 7 nitrogen and oxygen atoms in total. The fourth-order valence-electron chi connectivity index (χ4n) is 2.48. The van der Waals surface area contributed by atoms with Crippen LogP contribution < -0.4 is 14.9 Å². The molecule has 0 aliphatic carbocycles. The van der Waals surface area contributed by atoms with Crippen LogP contribution in [0.2, 0.25) is 0 Å². The summed E-state index contributed by atoms with van der Waals surface area (Å²) in [5.74, 6) is 0.00956. The van der Waals surface area contributed by atoms with Crippen molar-refractivity contribution in [2.75, 3.05) is 19.9 Å². The van der Waals surface area contributed by atoms with E-state index in [9.17, 15) is 9.59 Å². The minimum atomic E-state index is -0.722. The molecule has 8 heteroatoms. The third-order valence-corrected chi connectivity index (χ3v) is 4.39. The predicted molar refractivity (Wildman–Crippen MR) is 86.4 cm³/mol. The first-order valence-corrected chi connectivity index (χ1v) is 8.16. The molecule has 1 aromatic carbocycles. The number of nitrogens with one attached hydrogen (secondary N) is 1. The molecule has 2 heterocycles. The Bertz CT molecular complexity index is 656. The quantitative estimate of drug-likeness (QED) is 0.479. The highest BCUT2D eigenvalue weighted by Gasteiger charge is 2.23. The molecule has 2 aliphatic heterocycles. The van der Waals surface area contributed by atoms with E-state index in [1.165, 1.54) is 6.21 Å². The zero-order valence-electron chi connectivity index (χ0n) is 12.4. The van der Waals surface area contributed by atoms with Crippen molar-refractivity contribution in [1.82, 2.24) is 10.3 Å². The second-order valence-corrected chi connectivity index (χ2v) is 6.13. The zero-order valence-corrected chi connectivity index (χ0v) is 14.0. The molecule has 0 spiro atoms. The highest BCUT2D eigenvalue weighted by molar-refractivity contribution is 9.10. The average molecular weight is 382 g/mol. The summed E-state index contributed by atoms with van der Waals surface area (Å²) in [6.45, 7) is 1.44. The van der Waals surface area contributed by atoms with Crippen LogP contribution in [0.3, 0.4) is 0 Å². The molecule has 23 heavy (non-hydrogen) atoms. The number of benzene rings is 1. The number of likely N-dealkylation sites (tertiary alicyclic amines) is 1. The van der Waals surface area contributed by atoms with Gasteiger partial charge in [-0.15, -0.1) is 0 Å². The normalized spacial score (nSPS) is 16.7. The van der Waals surface area contributed by atoms with Crippen molar-refractivity contribution in [3.8, 4) is 11.5 Å². The Kier molecular flexibility index (Phi) is 4.80. The molecule has 0 bridgehead atoms. The molecule has 1 N–H and O–H groups in total. The standard InChI is InChI=1S/C15H16BrN3O4/c16-11-7-13-12(22-9-23-13)6-10(11)8-17-18-14(20)15(21)19-4-2-1-3-5-19/h6-8H,1-5,9H2,(H,18,20)/b17-8-. The first-order chi connectivity index (χ1) is 11.1. The molecule has 0 radical (unpaired) electrons. The van der Waals surface area contributed by atoms with Gasteiger partial charge in [0.05, 0.1) is 6.21 Å². The van der Waals surface area contributed by atoms with Crippen molar-refractivity contribution in [2.45, 2.75) is 19.3 Å². The molecular formula is C15H16BrN3O4. The number of hydrogen-bond donors (Lipinski definition) is 1. The van der Waals surface area contributed by atoms with Gasteiger partial charge < -0.3 is 14.4 Å². The van der Waals surface area contributed by atoms with Gasteiger partial charge in [0, 0.05) is 23.1 Å². The van der Waals surface area contributed by atoms with E-state index in [0.29, 0.717) is 30.2 Å². The van der Waals surface area contributed by atoms with E-state index in [1.54, 1.807) is 17.0 Å². The monoisotopic (exact) mass is 381 g/mol. The molecule has 0 atom stereocenters. The number of rotatable bonds is 2. The number of fused-ring (bicyclic) bond motifs is 1. The number of amides is 2. The van der Waals surface area contributed by atoms with Crippen LogP contribution in [0, 0.1) is 0 Å². The number of hydrazone groups is 1. The van der Waals surface area contributed by atoms with E-state index in [2.05, 4.69) is 26.5 Å². The fraction of sp³-hybridized carbons (Fsp3) is 0.400. The highest BCUT2D eigenvalue weighted by Crippen LogP contribution is 2.36. The Morgan fingerprint density at radius 2 is 1.87 bits per heavy atom. The predicted octanol–water partition coefficient (Wildman–Crippen LogP) is 1.64. The second-order valence-electron chi connectivity index (χ2n) is 5.28. The van der Waals surface area contributed by atoms with Gasteiger partial charge in [0.1, 0.15) is 0 Å². The Labute approximate surface area is 141 Å². The number of nitrogens with zero attached hydrogens (tertiary/aromatic N) is 2. The molecule has 2 amide bonds. The van der Waals surface area contributed by atoms with Crippen LogP contribution in [0.4, 0.5) is 0 Å². The van der Waals surface area contributed by atoms with Crippen LogP contribution in [0.1, 0.15) is 24.8 Å². The van der Waals surface area contributed by atoms with E-state index in [1.807, 2.05) is 0 Å². The van der Waals surface area contributed by atoms with Crippen molar-refractivity contribution < 1.29 is 19.1 Å². The van der Waals surface area contributed by atoms with Gasteiger partial charge >= 0.3 is 11.8 Å². The summed E-state index contributed by atoms with van der Waals surface area (Å²) in [5.41, 5.74) is 2.98. The molecule has 122 valence electrons. The van der Waals surface area contributed by atoms with E-state index < -0.39 is 11.8 Å². The van der Waals surface area contributed by atoms with Crippen molar-refractivity contribution >= 4 is 34.0 Å². The van der Waals surface area contributed by atoms with E-state index in [0.717, 1.165) is 23.7 Å². The molecule has 1 fully saturated rings. The molecule has 0 aromatic heterocycles. The van der Waals surface area contributed by atoms with Gasteiger partial charge in [0.2, 0.25) is 6.79 Å². The van der Waals surface area contributed by atoms with Gasteiger partial charge in [-0.3, -0.25) is 9.59 Å². The summed E-state index contributed by atoms with van der Waals surface area (Å²) in [6.07, 6.45) is 4.42. The topological polar surface area (TPSA) is 80.2 Å². The first-order valence-electron chi connectivity index (χ1n) is 7.36. The lowest BCUT2D eigenvalue weighted by Crippen LogP contribution is -2.43. The third-order valence-electron chi connectivity index (χ3n) is 3.70. The maximum absolute atomic E-state index is 12.0. The molecule has 0 unspecified atom stereocenters. The minimum Gasteiger partial charge on any atom is -0.454 e. The Morgan fingerprint density at radius 1 is 1.17 bits per heavy atom. The van der Waals surface area contributed by atoms with Crippen LogP contribution in [0.25, 0.3) is 0 Å². The number of carbonyl (C=O) groups excluding carboxylic acids is 2. The molecular weight excluding hydrogens is 366 g/mol. The van der Waals surface area contributed by atoms with E-state index >= 15 is 0 Å². The van der Waals surface area contributed by atoms with Gasteiger partial charge in [0.15, 0.2) is 11.5 Å². The molecule has 0 saturated carbocycles. The summed E-state index contributed by atoms with van der Waals surface area (Å²) >= 11 is 3.39. The molecule has 2 aliphatic rings. The minimum absolute atomic E-state index is 0.184. The number of carbonyl (C=O) groups is 2. The van der Waals surface area contributed by atoms with Gasteiger partial charge in [-0.2, -0.15) is 5.10 Å². The number of piperidine rings is 1. The van der Waals surface area contributed by atoms with Gasteiger partial charge in [-0.25, -0.2) is 5.43 Å². The van der Waals surface area contributed by atoms with Gasteiger partial charge in [-0.1, -0.05) is 0 Å². The lowest BCUT2D eigenvalue weighted by molar-refractivity contribution is -0.146. The van der Waals surface area contributed by atoms with Crippen molar-refractivity contribution in [1.29, 1.82) is 0 Å². The van der Waals surface area contributed by atoms with E-state index in [-0.39, 0.29) is 6.79 Å². The number of ether oxygens (including phenoxy) is 2. The van der Waals surface area contributed by atoms with Crippen LogP contribution in [-0.2, 0) is 9.59 Å². The van der Waals surface area contributed by atoms with Crippen LogP contribution >= 0.6 is 15.9 Å². The summed E-state index contributed by atoms with van der Waals surface area (Å²) in [4.78, 5) is 25.3.